The number of amides is 2. The number of carboxylic acids is 1. The van der Waals surface area contributed by atoms with Gasteiger partial charge in [-0.25, -0.2) is 0 Å². The summed E-state index contributed by atoms with van der Waals surface area (Å²) in [6.07, 6.45) is 5.31. The average Bonchev–Trinajstić information content (AvgIpc) is 3.15. The van der Waals surface area contributed by atoms with Crippen LogP contribution in [0.4, 0.5) is 0 Å². The Morgan fingerprint density at radius 3 is 2.40 bits per heavy atom. The molecule has 2 fully saturated rings. The van der Waals surface area contributed by atoms with Crippen LogP contribution in [0.15, 0.2) is 0 Å². The highest BCUT2D eigenvalue weighted by Gasteiger charge is 2.40. The molecule has 0 aliphatic heterocycles. The van der Waals surface area contributed by atoms with Crippen molar-refractivity contribution in [1.82, 2.24) is 10.6 Å². The second-order valence-corrected chi connectivity index (χ2v) is 5.92. The minimum atomic E-state index is -0.873. The molecule has 0 radical (unpaired) electrons. The van der Waals surface area contributed by atoms with Crippen molar-refractivity contribution in [1.29, 1.82) is 0 Å². The summed E-state index contributed by atoms with van der Waals surface area (Å²) in [4.78, 5) is 34.0. The molecular weight excluding hydrogens is 260 g/mol. The molecule has 20 heavy (non-hydrogen) atoms. The Kier molecular flexibility index (Phi) is 4.62. The van der Waals surface area contributed by atoms with Gasteiger partial charge in [-0.2, -0.15) is 0 Å². The predicted molar refractivity (Wildman–Crippen MR) is 71.9 cm³/mol. The highest BCUT2D eigenvalue weighted by Crippen LogP contribution is 2.35. The maximum atomic E-state index is 11.8. The number of carboxylic acid groups (broad SMARTS) is 1. The molecule has 112 valence electrons. The summed E-state index contributed by atoms with van der Waals surface area (Å²) in [6.45, 7) is 0.509. The van der Waals surface area contributed by atoms with Gasteiger partial charge < -0.3 is 15.7 Å². The van der Waals surface area contributed by atoms with Gasteiger partial charge in [-0.1, -0.05) is 0 Å². The van der Waals surface area contributed by atoms with E-state index in [1.807, 2.05) is 0 Å². The van der Waals surface area contributed by atoms with Crippen molar-refractivity contribution < 1.29 is 19.5 Å². The molecule has 6 heteroatoms. The van der Waals surface area contributed by atoms with Gasteiger partial charge in [-0.05, 0) is 38.5 Å². The Balaban J connectivity index is 1.61. The standard InChI is InChI=1S/C14H22N2O4/c17-11(3-1-8-15-13(20)10-4-5-10)16-14(6-2-7-14)9-12(18)19/h10H,1-9H2,(H,15,20)(H,16,17)(H,18,19). The summed E-state index contributed by atoms with van der Waals surface area (Å²) in [6, 6.07) is 0. The molecule has 0 atom stereocenters. The largest absolute Gasteiger partial charge is 0.481 e. The summed E-state index contributed by atoms with van der Waals surface area (Å²) >= 11 is 0. The van der Waals surface area contributed by atoms with Crippen LogP contribution in [0.5, 0.6) is 0 Å². The number of rotatable bonds is 8. The van der Waals surface area contributed by atoms with Gasteiger partial charge in [-0.15, -0.1) is 0 Å². The van der Waals surface area contributed by atoms with Crippen molar-refractivity contribution in [2.75, 3.05) is 6.54 Å². The lowest BCUT2D eigenvalue weighted by Gasteiger charge is -2.41. The van der Waals surface area contributed by atoms with Gasteiger partial charge in [-0.3, -0.25) is 14.4 Å². The summed E-state index contributed by atoms with van der Waals surface area (Å²) < 4.78 is 0. The third-order valence-corrected chi connectivity index (χ3v) is 4.03. The number of carbonyl (C=O) groups is 3. The fourth-order valence-corrected chi connectivity index (χ4v) is 2.55. The van der Waals surface area contributed by atoms with E-state index in [2.05, 4.69) is 10.6 Å². The molecule has 2 rings (SSSR count). The van der Waals surface area contributed by atoms with Crippen LogP contribution in [-0.2, 0) is 14.4 Å². The zero-order valence-electron chi connectivity index (χ0n) is 11.6. The van der Waals surface area contributed by atoms with Crippen molar-refractivity contribution >= 4 is 17.8 Å². The Labute approximate surface area is 118 Å². The fraction of sp³-hybridized carbons (Fsp3) is 0.786. The highest BCUT2D eigenvalue weighted by molar-refractivity contribution is 5.81. The van der Waals surface area contributed by atoms with Crippen LogP contribution in [0.1, 0.15) is 51.4 Å². The van der Waals surface area contributed by atoms with Crippen molar-refractivity contribution in [3.05, 3.63) is 0 Å². The van der Waals surface area contributed by atoms with Crippen LogP contribution >= 0.6 is 0 Å². The highest BCUT2D eigenvalue weighted by atomic mass is 16.4. The zero-order valence-corrected chi connectivity index (χ0v) is 11.6. The van der Waals surface area contributed by atoms with Gasteiger partial charge in [0.2, 0.25) is 11.8 Å². The first kappa shape index (κ1) is 14.8. The number of hydrogen-bond acceptors (Lipinski definition) is 3. The monoisotopic (exact) mass is 282 g/mol. The van der Waals surface area contributed by atoms with Crippen LogP contribution in [0, 0.1) is 5.92 Å². The molecule has 6 nitrogen and oxygen atoms in total. The minimum absolute atomic E-state index is 0.00282. The molecule has 0 aromatic rings. The Bertz CT molecular complexity index is 400. The molecule has 3 N–H and O–H groups in total. The lowest BCUT2D eigenvalue weighted by molar-refractivity contribution is -0.140. The van der Waals surface area contributed by atoms with Gasteiger partial charge in [0.05, 0.1) is 12.0 Å². The Hall–Kier alpha value is -1.59. The maximum absolute atomic E-state index is 11.8. The number of aliphatic carboxylic acids is 1. The SMILES string of the molecule is O=C(O)CC1(NC(=O)CCCNC(=O)C2CC2)CCC1. The van der Waals surface area contributed by atoms with Crippen LogP contribution in [-0.4, -0.2) is 35.0 Å². The summed E-state index contributed by atoms with van der Waals surface area (Å²) in [5.74, 6) is -0.710. The first-order valence-corrected chi connectivity index (χ1v) is 7.31. The van der Waals surface area contributed by atoms with E-state index in [9.17, 15) is 14.4 Å². The molecule has 0 aromatic heterocycles. The lowest BCUT2D eigenvalue weighted by atomic mass is 9.74. The van der Waals surface area contributed by atoms with E-state index in [4.69, 9.17) is 5.11 Å². The van der Waals surface area contributed by atoms with Gasteiger partial charge in [0.15, 0.2) is 0 Å². The predicted octanol–water partition coefficient (Wildman–Crippen LogP) is 0.806. The van der Waals surface area contributed by atoms with E-state index >= 15 is 0 Å². The van der Waals surface area contributed by atoms with Gasteiger partial charge in [0.25, 0.3) is 0 Å². The molecule has 0 saturated heterocycles. The first-order valence-electron chi connectivity index (χ1n) is 7.31. The Morgan fingerprint density at radius 1 is 1.20 bits per heavy atom. The first-order chi connectivity index (χ1) is 9.51. The molecule has 2 aliphatic rings. The topological polar surface area (TPSA) is 95.5 Å². The third kappa shape index (κ3) is 4.21. The average molecular weight is 282 g/mol. The maximum Gasteiger partial charge on any atom is 0.305 e. The van der Waals surface area contributed by atoms with Crippen molar-refractivity contribution in [3.63, 3.8) is 0 Å². The van der Waals surface area contributed by atoms with E-state index in [0.717, 1.165) is 32.1 Å². The summed E-state index contributed by atoms with van der Waals surface area (Å²) in [7, 11) is 0. The molecule has 2 amide bonds. The molecule has 0 bridgehead atoms. The van der Waals surface area contributed by atoms with Crippen molar-refractivity contribution in [2.24, 2.45) is 5.92 Å². The molecular formula is C14H22N2O4. The van der Waals surface area contributed by atoms with E-state index in [0.29, 0.717) is 19.4 Å². The number of hydrogen-bond donors (Lipinski definition) is 3. The van der Waals surface area contributed by atoms with Gasteiger partial charge >= 0.3 is 5.97 Å². The van der Waals surface area contributed by atoms with E-state index < -0.39 is 11.5 Å². The van der Waals surface area contributed by atoms with E-state index in [1.54, 1.807) is 0 Å². The third-order valence-electron chi connectivity index (χ3n) is 4.03. The quantitative estimate of drug-likeness (QED) is 0.574. The summed E-state index contributed by atoms with van der Waals surface area (Å²) in [5.41, 5.74) is -0.528. The molecule has 2 aliphatic carbocycles. The van der Waals surface area contributed by atoms with Crippen molar-refractivity contribution in [2.45, 2.75) is 56.9 Å². The molecule has 0 aromatic carbocycles. The van der Waals surface area contributed by atoms with Gasteiger partial charge in [0, 0.05) is 18.9 Å². The number of nitrogens with one attached hydrogen (secondary N) is 2. The smallest absolute Gasteiger partial charge is 0.305 e. The minimum Gasteiger partial charge on any atom is -0.481 e. The van der Waals surface area contributed by atoms with E-state index in [-0.39, 0.29) is 24.2 Å². The normalized spacial score (nSPS) is 19.8. The molecule has 0 heterocycles. The Morgan fingerprint density at radius 2 is 1.90 bits per heavy atom. The molecule has 0 spiro atoms. The molecule has 0 unspecified atom stereocenters. The van der Waals surface area contributed by atoms with Crippen LogP contribution in [0.25, 0.3) is 0 Å². The zero-order chi connectivity index (χ0) is 14.6. The lowest BCUT2D eigenvalue weighted by Crippen LogP contribution is -2.54. The fourth-order valence-electron chi connectivity index (χ4n) is 2.55. The van der Waals surface area contributed by atoms with Crippen LogP contribution < -0.4 is 10.6 Å². The van der Waals surface area contributed by atoms with Gasteiger partial charge in [0.1, 0.15) is 0 Å². The van der Waals surface area contributed by atoms with Crippen molar-refractivity contribution in [3.8, 4) is 0 Å². The van der Waals surface area contributed by atoms with Crippen LogP contribution in [0.2, 0.25) is 0 Å². The summed E-state index contributed by atoms with van der Waals surface area (Å²) in [5, 5.41) is 14.5. The molecule has 2 saturated carbocycles. The second kappa shape index (κ2) is 6.24. The van der Waals surface area contributed by atoms with E-state index in [1.165, 1.54) is 0 Å². The van der Waals surface area contributed by atoms with Crippen LogP contribution in [0.3, 0.4) is 0 Å². The number of carbonyl (C=O) groups excluding carboxylic acids is 2. The second-order valence-electron chi connectivity index (χ2n) is 5.92.